The Hall–Kier alpha value is -2.11. The quantitative estimate of drug-likeness (QED) is 0.310. The predicted octanol–water partition coefficient (Wildman–Crippen LogP) is 1.00. The fourth-order valence-corrected chi connectivity index (χ4v) is 0.894. The number of ketones is 1. The van der Waals surface area contributed by atoms with Gasteiger partial charge in [-0.25, -0.2) is 0 Å². The van der Waals surface area contributed by atoms with Crippen LogP contribution in [-0.4, -0.2) is 22.0 Å². The number of aldehydes is 1. The fourth-order valence-electron chi connectivity index (χ4n) is 0.894. The Bertz CT molecular complexity index is 382. The Morgan fingerprint density at radius 3 is 2.64 bits per heavy atom. The summed E-state index contributed by atoms with van der Waals surface area (Å²) in [6, 6.07) is 2.25. The maximum Gasteiger partial charge on any atom is 0.364 e. The average molecular weight is 194 g/mol. The second-order valence-electron chi connectivity index (χ2n) is 2.57. The molecule has 0 spiro atoms. The molecule has 0 bridgehead atoms. The molecule has 0 N–H and O–H groups in total. The van der Waals surface area contributed by atoms with E-state index in [9.17, 15) is 19.7 Å². The summed E-state index contributed by atoms with van der Waals surface area (Å²) >= 11 is 0. The zero-order chi connectivity index (χ0) is 10.7. The first-order valence-electron chi connectivity index (χ1n) is 3.67. The topological polar surface area (TPSA) is 90.2 Å². The van der Waals surface area contributed by atoms with E-state index in [2.05, 4.69) is 4.98 Å². The van der Waals surface area contributed by atoms with Crippen molar-refractivity contribution in [2.24, 2.45) is 0 Å². The fraction of sp³-hybridized carbons (Fsp3) is 0.125. The zero-order valence-electron chi connectivity index (χ0n) is 7.26. The number of carbonyl (C=O) groups excluding carboxylic acids is 2. The van der Waals surface area contributed by atoms with Gasteiger partial charge >= 0.3 is 5.82 Å². The number of rotatable bonds is 3. The average Bonchev–Trinajstić information content (AvgIpc) is 2.16. The normalized spacial score (nSPS) is 9.50. The SMILES string of the molecule is CC(=O)c1cc(C=O)nc([N+](=O)[O-])c1. The Balaban J connectivity index is 3.34. The Labute approximate surface area is 78.7 Å². The van der Waals surface area contributed by atoms with Gasteiger partial charge in [-0.15, -0.1) is 0 Å². The van der Waals surface area contributed by atoms with E-state index < -0.39 is 10.7 Å². The van der Waals surface area contributed by atoms with Gasteiger partial charge < -0.3 is 10.1 Å². The van der Waals surface area contributed by atoms with Crippen molar-refractivity contribution in [3.05, 3.63) is 33.5 Å². The van der Waals surface area contributed by atoms with E-state index in [1.165, 1.54) is 13.0 Å². The minimum Gasteiger partial charge on any atom is -0.358 e. The Kier molecular flexibility index (Phi) is 2.66. The largest absolute Gasteiger partial charge is 0.364 e. The van der Waals surface area contributed by atoms with E-state index in [1.807, 2.05) is 0 Å². The number of Topliss-reactive ketones (excluding diaryl/α,β-unsaturated/α-hetero) is 1. The molecule has 6 heteroatoms. The molecule has 1 rings (SSSR count). The standard InChI is InChI=1S/C8H6N2O4/c1-5(12)6-2-7(4-11)9-8(3-6)10(13)14/h2-4H,1H3. The second kappa shape index (κ2) is 3.73. The van der Waals surface area contributed by atoms with Crippen LogP contribution in [-0.2, 0) is 0 Å². The molecule has 0 aromatic carbocycles. The molecule has 0 saturated heterocycles. The molecule has 6 nitrogen and oxygen atoms in total. The van der Waals surface area contributed by atoms with Gasteiger partial charge in [-0.2, -0.15) is 0 Å². The summed E-state index contributed by atoms with van der Waals surface area (Å²) in [6.07, 6.45) is 0.361. The maximum absolute atomic E-state index is 10.9. The molecule has 14 heavy (non-hydrogen) atoms. The summed E-state index contributed by atoms with van der Waals surface area (Å²) in [5, 5.41) is 10.4. The molecule has 72 valence electrons. The smallest absolute Gasteiger partial charge is 0.358 e. The molecule has 1 heterocycles. The van der Waals surface area contributed by atoms with Crippen LogP contribution in [0.1, 0.15) is 27.8 Å². The number of aromatic nitrogens is 1. The molecule has 1 aromatic rings. The molecule has 0 unspecified atom stereocenters. The van der Waals surface area contributed by atoms with Crippen molar-refractivity contribution in [2.75, 3.05) is 0 Å². The highest BCUT2D eigenvalue weighted by molar-refractivity contribution is 5.95. The molecule has 0 aliphatic heterocycles. The molecule has 0 amide bonds. The Morgan fingerprint density at radius 1 is 1.57 bits per heavy atom. The van der Waals surface area contributed by atoms with Gasteiger partial charge in [0.25, 0.3) is 0 Å². The lowest BCUT2D eigenvalue weighted by Gasteiger charge is -1.95. The van der Waals surface area contributed by atoms with E-state index in [-0.39, 0.29) is 17.0 Å². The van der Waals surface area contributed by atoms with Crippen LogP contribution in [0.2, 0.25) is 0 Å². The lowest BCUT2D eigenvalue weighted by molar-refractivity contribution is -0.389. The van der Waals surface area contributed by atoms with Gasteiger partial charge in [0.15, 0.2) is 12.1 Å². The molecule has 0 fully saturated rings. The number of nitrogens with zero attached hydrogens (tertiary/aromatic N) is 2. The van der Waals surface area contributed by atoms with Crippen LogP contribution < -0.4 is 0 Å². The molecule has 0 radical (unpaired) electrons. The molecule has 1 aromatic heterocycles. The Morgan fingerprint density at radius 2 is 2.21 bits per heavy atom. The number of carbonyl (C=O) groups is 2. The van der Waals surface area contributed by atoms with Gasteiger partial charge in [-0.1, -0.05) is 0 Å². The second-order valence-corrected chi connectivity index (χ2v) is 2.57. The van der Waals surface area contributed by atoms with Crippen molar-refractivity contribution in [3.8, 4) is 0 Å². The number of nitro groups is 1. The van der Waals surface area contributed by atoms with E-state index in [1.54, 1.807) is 0 Å². The lowest BCUT2D eigenvalue weighted by Crippen LogP contribution is -2.01. The van der Waals surface area contributed by atoms with Crippen LogP contribution in [0.25, 0.3) is 0 Å². The third kappa shape index (κ3) is 1.98. The maximum atomic E-state index is 10.9. The molecular formula is C8H6N2O4. The van der Waals surface area contributed by atoms with Crippen LogP contribution >= 0.6 is 0 Å². The summed E-state index contributed by atoms with van der Waals surface area (Å²) < 4.78 is 0. The summed E-state index contributed by atoms with van der Waals surface area (Å²) in [7, 11) is 0. The number of hydrogen-bond acceptors (Lipinski definition) is 5. The predicted molar refractivity (Wildman–Crippen MR) is 46.3 cm³/mol. The number of pyridine rings is 1. The van der Waals surface area contributed by atoms with Crippen LogP contribution in [0.3, 0.4) is 0 Å². The van der Waals surface area contributed by atoms with Gasteiger partial charge in [0.1, 0.15) is 0 Å². The summed E-state index contributed by atoms with van der Waals surface area (Å²) in [5.74, 6) is -0.849. The summed E-state index contributed by atoms with van der Waals surface area (Å²) in [6.45, 7) is 1.26. The summed E-state index contributed by atoms with van der Waals surface area (Å²) in [5.41, 5.74) is -0.0156. The van der Waals surface area contributed by atoms with Crippen molar-refractivity contribution >= 4 is 17.9 Å². The van der Waals surface area contributed by atoms with Gasteiger partial charge in [-0.05, 0) is 16.8 Å². The van der Waals surface area contributed by atoms with Crippen molar-refractivity contribution in [1.29, 1.82) is 0 Å². The van der Waals surface area contributed by atoms with Gasteiger partial charge in [0, 0.05) is 17.7 Å². The molecule has 0 aliphatic carbocycles. The first-order valence-corrected chi connectivity index (χ1v) is 3.67. The van der Waals surface area contributed by atoms with Crippen molar-refractivity contribution in [1.82, 2.24) is 4.98 Å². The third-order valence-corrected chi connectivity index (χ3v) is 1.55. The van der Waals surface area contributed by atoms with Crippen LogP contribution in [0.5, 0.6) is 0 Å². The number of hydrogen-bond donors (Lipinski definition) is 0. The van der Waals surface area contributed by atoms with E-state index in [0.29, 0.717) is 6.29 Å². The van der Waals surface area contributed by atoms with E-state index >= 15 is 0 Å². The molecule has 0 saturated carbocycles. The monoisotopic (exact) mass is 194 g/mol. The van der Waals surface area contributed by atoms with Crippen LogP contribution in [0.4, 0.5) is 5.82 Å². The lowest BCUT2D eigenvalue weighted by atomic mass is 10.1. The van der Waals surface area contributed by atoms with Gasteiger partial charge in [0.05, 0.1) is 0 Å². The minimum absolute atomic E-state index is 0.105. The highest BCUT2D eigenvalue weighted by Crippen LogP contribution is 2.12. The van der Waals surface area contributed by atoms with Crippen molar-refractivity contribution in [2.45, 2.75) is 6.92 Å². The van der Waals surface area contributed by atoms with Gasteiger partial charge in [-0.3, -0.25) is 9.59 Å². The third-order valence-electron chi connectivity index (χ3n) is 1.55. The van der Waals surface area contributed by atoms with Crippen molar-refractivity contribution in [3.63, 3.8) is 0 Å². The zero-order valence-corrected chi connectivity index (χ0v) is 7.26. The molecule has 0 aliphatic rings. The van der Waals surface area contributed by atoms with E-state index in [4.69, 9.17) is 0 Å². The molecular weight excluding hydrogens is 188 g/mol. The van der Waals surface area contributed by atoms with Gasteiger partial charge in [0.2, 0.25) is 5.69 Å². The van der Waals surface area contributed by atoms with Crippen molar-refractivity contribution < 1.29 is 14.5 Å². The first-order chi connectivity index (χ1) is 6.54. The van der Waals surface area contributed by atoms with Crippen LogP contribution in [0, 0.1) is 10.1 Å². The highest BCUT2D eigenvalue weighted by Gasteiger charge is 2.14. The summed E-state index contributed by atoms with van der Waals surface area (Å²) in [4.78, 5) is 34.3. The minimum atomic E-state index is -0.751. The first kappa shape index (κ1) is 9.97. The highest BCUT2D eigenvalue weighted by atomic mass is 16.6. The van der Waals surface area contributed by atoms with Crippen LogP contribution in [0.15, 0.2) is 12.1 Å². The molecule has 0 atom stereocenters. The van der Waals surface area contributed by atoms with E-state index in [0.717, 1.165) is 6.07 Å².